The second kappa shape index (κ2) is 7.82. The normalized spacial score (nSPS) is 25.9. The maximum atomic E-state index is 11.1. The van der Waals surface area contributed by atoms with Gasteiger partial charge in [-0.25, -0.2) is 0 Å². The lowest BCUT2D eigenvalue weighted by Gasteiger charge is -2.49. The summed E-state index contributed by atoms with van der Waals surface area (Å²) in [6.45, 7) is 15.8. The fourth-order valence-electron chi connectivity index (χ4n) is 4.36. The van der Waals surface area contributed by atoms with Gasteiger partial charge in [-0.1, -0.05) is 12.1 Å². The number of carboxylic acid groups (broad SMARTS) is 1. The highest BCUT2D eigenvalue weighted by molar-refractivity contribution is 6.62. The van der Waals surface area contributed by atoms with E-state index in [4.69, 9.17) is 14.4 Å². The molecular weight excluding hydrogens is 381 g/mol. The molecule has 1 aromatic rings. The summed E-state index contributed by atoms with van der Waals surface area (Å²) in [4.78, 5) is 18.1. The van der Waals surface area contributed by atoms with Crippen molar-refractivity contribution in [2.45, 2.75) is 57.9 Å². The number of likely N-dealkylation sites (tertiary alicyclic amines) is 1. The summed E-state index contributed by atoms with van der Waals surface area (Å²) in [5.41, 5.74) is 1.63. The van der Waals surface area contributed by atoms with Gasteiger partial charge in [0.25, 0.3) is 0 Å². The lowest BCUT2D eigenvalue weighted by Crippen LogP contribution is -2.65. The summed E-state index contributed by atoms with van der Waals surface area (Å²) >= 11 is 0. The van der Waals surface area contributed by atoms with Crippen molar-refractivity contribution in [2.75, 3.05) is 44.2 Å². The third kappa shape index (κ3) is 3.98. The maximum absolute atomic E-state index is 11.1. The summed E-state index contributed by atoms with van der Waals surface area (Å²) in [6, 6.07) is 8.65. The molecule has 4 rings (SSSR count). The fraction of sp³-hybridized carbons (Fsp3) is 0.682. The van der Waals surface area contributed by atoms with Gasteiger partial charge in [0.1, 0.15) is 6.04 Å². The molecule has 30 heavy (non-hydrogen) atoms. The molecule has 3 aliphatic rings. The van der Waals surface area contributed by atoms with Crippen LogP contribution in [0.4, 0.5) is 5.69 Å². The lowest BCUT2D eigenvalue weighted by atomic mass is 9.79. The van der Waals surface area contributed by atoms with Gasteiger partial charge in [-0.05, 0) is 52.2 Å². The highest BCUT2D eigenvalue weighted by atomic mass is 16.7. The van der Waals surface area contributed by atoms with E-state index < -0.39 is 5.97 Å². The van der Waals surface area contributed by atoms with Crippen LogP contribution in [0.5, 0.6) is 0 Å². The van der Waals surface area contributed by atoms with Crippen LogP contribution in [-0.2, 0) is 14.1 Å². The highest BCUT2D eigenvalue weighted by Crippen LogP contribution is 2.36. The van der Waals surface area contributed by atoms with E-state index in [1.54, 1.807) is 6.92 Å². The Balaban J connectivity index is 1.28. The van der Waals surface area contributed by atoms with Crippen LogP contribution in [0, 0.1) is 0 Å². The van der Waals surface area contributed by atoms with Gasteiger partial charge in [0.05, 0.1) is 11.2 Å². The monoisotopic (exact) mass is 415 g/mol. The summed E-state index contributed by atoms with van der Waals surface area (Å²) in [5.74, 6) is -0.734. The van der Waals surface area contributed by atoms with E-state index in [1.807, 2.05) is 4.90 Å². The molecule has 1 aromatic carbocycles. The minimum Gasteiger partial charge on any atom is -0.480 e. The Labute approximate surface area is 180 Å². The molecule has 0 aliphatic carbocycles. The number of hydrogen-bond acceptors (Lipinski definition) is 6. The molecule has 3 saturated heterocycles. The van der Waals surface area contributed by atoms with Gasteiger partial charge in [0.15, 0.2) is 0 Å². The maximum Gasteiger partial charge on any atom is 0.494 e. The van der Waals surface area contributed by atoms with Gasteiger partial charge >= 0.3 is 13.1 Å². The molecule has 1 N–H and O–H groups in total. The van der Waals surface area contributed by atoms with Crippen molar-refractivity contribution in [2.24, 2.45) is 0 Å². The molecule has 1 unspecified atom stereocenters. The number of nitrogens with zero attached hydrogens (tertiary/aromatic N) is 3. The molecular formula is C22H34BN3O4. The van der Waals surface area contributed by atoms with Crippen LogP contribution in [0.2, 0.25) is 0 Å². The molecule has 0 radical (unpaired) electrons. The third-order valence-corrected chi connectivity index (χ3v) is 7.41. The van der Waals surface area contributed by atoms with Crippen molar-refractivity contribution in [1.29, 1.82) is 0 Å². The summed E-state index contributed by atoms with van der Waals surface area (Å²) in [5, 5.41) is 9.14. The van der Waals surface area contributed by atoms with Crippen molar-refractivity contribution in [1.82, 2.24) is 9.80 Å². The highest BCUT2D eigenvalue weighted by Gasteiger charge is 2.51. The first kappa shape index (κ1) is 21.6. The van der Waals surface area contributed by atoms with E-state index >= 15 is 0 Å². The molecule has 0 saturated carbocycles. The quantitative estimate of drug-likeness (QED) is 0.727. The number of piperazine rings is 1. The predicted octanol–water partition coefficient (Wildman–Crippen LogP) is 1.27. The molecule has 164 valence electrons. The topological polar surface area (TPSA) is 65.5 Å². The van der Waals surface area contributed by atoms with Gasteiger partial charge in [-0.3, -0.25) is 14.6 Å². The van der Waals surface area contributed by atoms with Crippen LogP contribution in [0.25, 0.3) is 0 Å². The second-order valence-electron chi connectivity index (χ2n) is 9.82. The number of rotatable bonds is 5. The standard InChI is InChI=1S/C22H34BN3O4/c1-16(20(27)28)26-14-19(15-26)25-12-10-24(11-13-25)18-8-6-17(7-9-18)23-29-21(2,3)22(4,5)30-23/h6-9,16,19H,10-15H2,1-5H3,(H,27,28). The zero-order chi connectivity index (χ0) is 21.7. The summed E-state index contributed by atoms with van der Waals surface area (Å²) in [6.07, 6.45) is 0. The molecule has 7 nitrogen and oxygen atoms in total. The minimum atomic E-state index is -0.734. The van der Waals surface area contributed by atoms with Gasteiger partial charge in [-0.2, -0.15) is 0 Å². The number of aliphatic carboxylic acids is 1. The fourth-order valence-corrected chi connectivity index (χ4v) is 4.36. The van der Waals surface area contributed by atoms with Crippen molar-refractivity contribution < 1.29 is 19.2 Å². The molecule has 8 heteroatoms. The molecule has 0 spiro atoms. The molecule has 3 fully saturated rings. The van der Waals surface area contributed by atoms with Crippen LogP contribution in [0.1, 0.15) is 34.6 Å². The van der Waals surface area contributed by atoms with Crippen molar-refractivity contribution in [3.63, 3.8) is 0 Å². The second-order valence-corrected chi connectivity index (χ2v) is 9.82. The number of carboxylic acids is 1. The molecule has 0 bridgehead atoms. The first-order chi connectivity index (χ1) is 14.1. The van der Waals surface area contributed by atoms with E-state index in [2.05, 4.69) is 61.8 Å². The minimum absolute atomic E-state index is 0.323. The van der Waals surface area contributed by atoms with Crippen molar-refractivity contribution >= 4 is 24.2 Å². The average Bonchev–Trinajstić information content (AvgIpc) is 2.88. The van der Waals surface area contributed by atoms with Crippen LogP contribution >= 0.6 is 0 Å². The smallest absolute Gasteiger partial charge is 0.480 e. The Morgan fingerprint density at radius 1 is 1.03 bits per heavy atom. The first-order valence-electron chi connectivity index (χ1n) is 11.0. The molecule has 3 heterocycles. The van der Waals surface area contributed by atoms with Gasteiger partial charge in [0.2, 0.25) is 0 Å². The number of carbonyl (C=O) groups is 1. The lowest BCUT2D eigenvalue weighted by molar-refractivity contribution is -0.145. The zero-order valence-electron chi connectivity index (χ0n) is 18.8. The Kier molecular flexibility index (Phi) is 5.64. The number of benzene rings is 1. The van der Waals surface area contributed by atoms with Gasteiger partial charge < -0.3 is 19.3 Å². The van der Waals surface area contributed by atoms with Crippen molar-refractivity contribution in [3.05, 3.63) is 24.3 Å². The van der Waals surface area contributed by atoms with Gasteiger partial charge in [0, 0.05) is 51.0 Å². The Hall–Kier alpha value is -1.61. The van der Waals surface area contributed by atoms with Crippen LogP contribution in [0.3, 0.4) is 0 Å². The molecule has 1 atom stereocenters. The van der Waals surface area contributed by atoms with Crippen molar-refractivity contribution in [3.8, 4) is 0 Å². The van der Waals surface area contributed by atoms with Crippen LogP contribution in [0.15, 0.2) is 24.3 Å². The number of hydrogen-bond donors (Lipinski definition) is 1. The summed E-state index contributed by atoms with van der Waals surface area (Å²) < 4.78 is 12.3. The van der Waals surface area contributed by atoms with Crippen LogP contribution < -0.4 is 10.4 Å². The Morgan fingerprint density at radius 3 is 2.07 bits per heavy atom. The van der Waals surface area contributed by atoms with E-state index in [9.17, 15) is 4.79 Å². The zero-order valence-corrected chi connectivity index (χ0v) is 18.8. The molecule has 0 aromatic heterocycles. The van der Waals surface area contributed by atoms with E-state index in [-0.39, 0.29) is 24.4 Å². The summed E-state index contributed by atoms with van der Waals surface area (Å²) in [7, 11) is -0.323. The predicted molar refractivity (Wildman–Crippen MR) is 118 cm³/mol. The Morgan fingerprint density at radius 2 is 1.57 bits per heavy atom. The average molecular weight is 415 g/mol. The third-order valence-electron chi connectivity index (χ3n) is 7.41. The van der Waals surface area contributed by atoms with E-state index in [1.165, 1.54) is 5.69 Å². The van der Waals surface area contributed by atoms with Crippen LogP contribution in [-0.4, -0.2) is 90.5 Å². The van der Waals surface area contributed by atoms with Gasteiger partial charge in [-0.15, -0.1) is 0 Å². The largest absolute Gasteiger partial charge is 0.494 e. The first-order valence-corrected chi connectivity index (χ1v) is 11.0. The molecule has 3 aliphatic heterocycles. The SMILES string of the molecule is CC(C(=O)O)N1CC(N2CCN(c3ccc(B4OC(C)(C)C(C)(C)O4)cc3)CC2)C1. The molecule has 0 amide bonds. The Bertz CT molecular complexity index is 755. The van der Waals surface area contributed by atoms with E-state index in [0.29, 0.717) is 6.04 Å². The number of anilines is 1. The van der Waals surface area contributed by atoms with E-state index in [0.717, 1.165) is 44.7 Å².